The minimum atomic E-state index is -0.436. The van der Waals surface area contributed by atoms with Gasteiger partial charge in [0, 0.05) is 5.70 Å². The summed E-state index contributed by atoms with van der Waals surface area (Å²) >= 11 is 0. The van der Waals surface area contributed by atoms with E-state index in [1.807, 2.05) is 6.92 Å². The molecule has 0 aromatic carbocycles. The molecule has 17 heavy (non-hydrogen) atoms. The van der Waals surface area contributed by atoms with Crippen LogP contribution in [-0.2, 0) is 6.73 Å². The molecule has 0 aliphatic heterocycles. The molecule has 0 aliphatic carbocycles. The Kier molecular flexibility index (Phi) is 2.81. The van der Waals surface area contributed by atoms with E-state index >= 15 is 0 Å². The fourth-order valence-electron chi connectivity index (χ4n) is 1.73. The Morgan fingerprint density at radius 2 is 2.29 bits per heavy atom. The van der Waals surface area contributed by atoms with E-state index in [9.17, 15) is 4.79 Å². The van der Waals surface area contributed by atoms with E-state index in [0.29, 0.717) is 16.6 Å². The average Bonchev–Trinajstić information content (AvgIpc) is 2.67. The summed E-state index contributed by atoms with van der Waals surface area (Å²) in [7, 11) is 0. The zero-order valence-corrected chi connectivity index (χ0v) is 9.84. The van der Waals surface area contributed by atoms with Crippen molar-refractivity contribution in [3.05, 3.63) is 28.8 Å². The van der Waals surface area contributed by atoms with Crippen molar-refractivity contribution in [2.75, 3.05) is 0 Å². The number of rotatable bonds is 3. The minimum Gasteiger partial charge on any atom is -0.374 e. The third kappa shape index (κ3) is 1.66. The lowest BCUT2D eigenvalue weighted by Crippen LogP contribution is -2.22. The first-order valence-electron chi connectivity index (χ1n) is 5.34. The zero-order valence-electron chi connectivity index (χ0n) is 9.84. The van der Waals surface area contributed by atoms with Crippen LogP contribution in [0.5, 0.6) is 0 Å². The Morgan fingerprint density at radius 1 is 1.59 bits per heavy atom. The highest BCUT2D eigenvalue weighted by Crippen LogP contribution is 2.17. The molecule has 0 bridgehead atoms. The largest absolute Gasteiger partial charge is 0.374 e. The second-order valence-electron chi connectivity index (χ2n) is 3.77. The number of aliphatic hydroxyl groups is 1. The van der Waals surface area contributed by atoms with Gasteiger partial charge in [0.05, 0.1) is 22.8 Å². The maximum atomic E-state index is 12.0. The molecule has 6 nitrogen and oxygen atoms in total. The van der Waals surface area contributed by atoms with Gasteiger partial charge in [-0.3, -0.25) is 4.79 Å². The topological polar surface area (TPSA) is 72.9 Å². The molecule has 0 saturated heterocycles. The lowest BCUT2D eigenvalue weighted by molar-refractivity contribution is 0.189. The van der Waals surface area contributed by atoms with Crippen molar-refractivity contribution in [3.63, 3.8) is 0 Å². The number of hydrogen-bond acceptors (Lipinski definition) is 4. The van der Waals surface area contributed by atoms with E-state index in [4.69, 9.17) is 5.11 Å². The third-order valence-corrected chi connectivity index (χ3v) is 2.71. The van der Waals surface area contributed by atoms with E-state index < -0.39 is 6.73 Å². The van der Waals surface area contributed by atoms with Crippen LogP contribution in [0.2, 0.25) is 0 Å². The summed E-state index contributed by atoms with van der Waals surface area (Å²) in [6.45, 7) is 7.18. The minimum absolute atomic E-state index is 0.336. The van der Waals surface area contributed by atoms with Gasteiger partial charge in [-0.2, -0.15) is 10.2 Å². The fraction of sp³-hybridized carbons (Fsp3) is 0.364. The predicted molar refractivity (Wildman–Crippen MR) is 64.4 cm³/mol. The van der Waals surface area contributed by atoms with Crippen LogP contribution in [0, 0.1) is 6.92 Å². The number of fused-ring (bicyclic) bond motifs is 1. The van der Waals surface area contributed by atoms with Crippen LogP contribution >= 0.6 is 0 Å². The summed E-state index contributed by atoms with van der Waals surface area (Å²) in [5, 5.41) is 17.6. The van der Waals surface area contributed by atoms with Crippen molar-refractivity contribution >= 4 is 16.6 Å². The molecule has 1 N–H and O–H groups in total. The van der Waals surface area contributed by atoms with Crippen molar-refractivity contribution in [3.8, 4) is 0 Å². The molecule has 2 rings (SSSR count). The summed E-state index contributed by atoms with van der Waals surface area (Å²) in [5.74, 6) is 0. The first-order valence-corrected chi connectivity index (χ1v) is 5.34. The molecular formula is C11H14N4O2. The van der Waals surface area contributed by atoms with Gasteiger partial charge in [-0.05, 0) is 13.3 Å². The molecule has 0 amide bonds. The van der Waals surface area contributed by atoms with E-state index in [1.54, 1.807) is 11.6 Å². The van der Waals surface area contributed by atoms with Crippen molar-refractivity contribution in [1.82, 2.24) is 19.6 Å². The Bertz CT molecular complexity index is 639. The number of nitrogens with zero attached hydrogens (tertiary/aromatic N) is 4. The molecule has 0 fully saturated rings. The first-order chi connectivity index (χ1) is 8.10. The smallest absolute Gasteiger partial charge is 0.280 e. The van der Waals surface area contributed by atoms with Crippen LogP contribution in [-0.4, -0.2) is 24.7 Å². The van der Waals surface area contributed by atoms with Crippen LogP contribution in [0.4, 0.5) is 0 Å². The van der Waals surface area contributed by atoms with Crippen molar-refractivity contribution in [2.24, 2.45) is 0 Å². The monoisotopic (exact) mass is 234 g/mol. The van der Waals surface area contributed by atoms with Crippen LogP contribution < -0.4 is 5.56 Å². The molecule has 0 unspecified atom stereocenters. The molecule has 0 saturated carbocycles. The highest BCUT2D eigenvalue weighted by atomic mass is 16.3. The summed E-state index contributed by atoms with van der Waals surface area (Å²) in [6.07, 6.45) is 2.26. The Balaban J connectivity index is 2.82. The van der Waals surface area contributed by atoms with Crippen LogP contribution in [0.1, 0.15) is 19.0 Å². The number of allylic oxidation sites excluding steroid dienone is 1. The van der Waals surface area contributed by atoms with Crippen LogP contribution in [0.3, 0.4) is 0 Å². The maximum Gasteiger partial charge on any atom is 0.280 e. The van der Waals surface area contributed by atoms with Gasteiger partial charge in [-0.25, -0.2) is 9.36 Å². The van der Waals surface area contributed by atoms with Crippen molar-refractivity contribution in [1.29, 1.82) is 0 Å². The van der Waals surface area contributed by atoms with E-state index in [-0.39, 0.29) is 5.56 Å². The fourth-order valence-corrected chi connectivity index (χ4v) is 1.73. The van der Waals surface area contributed by atoms with Crippen LogP contribution in [0.25, 0.3) is 16.6 Å². The second-order valence-corrected chi connectivity index (χ2v) is 3.77. The lowest BCUT2D eigenvalue weighted by Gasteiger charge is -2.04. The van der Waals surface area contributed by atoms with Gasteiger partial charge in [0.25, 0.3) is 5.56 Å². The summed E-state index contributed by atoms with van der Waals surface area (Å²) in [4.78, 5) is 12.0. The zero-order chi connectivity index (χ0) is 12.6. The number of hydrogen-bond donors (Lipinski definition) is 1. The molecule has 6 heteroatoms. The molecule has 0 radical (unpaired) electrons. The van der Waals surface area contributed by atoms with Gasteiger partial charge >= 0.3 is 0 Å². The van der Waals surface area contributed by atoms with Gasteiger partial charge in [-0.15, -0.1) is 0 Å². The Morgan fingerprint density at radius 3 is 2.88 bits per heavy atom. The quantitative estimate of drug-likeness (QED) is 0.849. The molecule has 2 aromatic rings. The highest BCUT2D eigenvalue weighted by molar-refractivity contribution is 5.82. The van der Waals surface area contributed by atoms with Crippen molar-refractivity contribution in [2.45, 2.75) is 27.0 Å². The maximum absolute atomic E-state index is 12.0. The predicted octanol–water partition coefficient (Wildman–Crippen LogP) is 0.732. The van der Waals surface area contributed by atoms with Gasteiger partial charge in [0.1, 0.15) is 6.73 Å². The number of aromatic nitrogens is 4. The Labute approximate surface area is 97.8 Å². The molecule has 2 heterocycles. The van der Waals surface area contributed by atoms with E-state index in [0.717, 1.165) is 16.8 Å². The summed E-state index contributed by atoms with van der Waals surface area (Å²) in [6, 6.07) is 0. The van der Waals surface area contributed by atoms with Gasteiger partial charge < -0.3 is 5.11 Å². The number of aliphatic hydroxyl groups excluding tert-OH is 1. The highest BCUT2D eigenvalue weighted by Gasteiger charge is 2.14. The first kappa shape index (κ1) is 11.5. The van der Waals surface area contributed by atoms with E-state index in [1.165, 1.54) is 6.20 Å². The lowest BCUT2D eigenvalue weighted by atomic mass is 10.3. The van der Waals surface area contributed by atoms with Gasteiger partial charge in [-0.1, -0.05) is 13.5 Å². The molecule has 0 aliphatic rings. The van der Waals surface area contributed by atoms with E-state index in [2.05, 4.69) is 16.8 Å². The van der Waals surface area contributed by atoms with Crippen molar-refractivity contribution < 1.29 is 5.11 Å². The Hall–Kier alpha value is -1.95. The SMILES string of the molecule is C=C(CC)n1nc(C)c2c(=O)n(CO)ncc21. The normalized spacial score (nSPS) is 11.0. The molecule has 90 valence electrons. The van der Waals surface area contributed by atoms with Gasteiger partial charge in [0.15, 0.2) is 0 Å². The molecule has 2 aromatic heterocycles. The average molecular weight is 234 g/mol. The molecular weight excluding hydrogens is 220 g/mol. The summed E-state index contributed by atoms with van der Waals surface area (Å²) in [5.41, 5.74) is 1.71. The second kappa shape index (κ2) is 4.14. The van der Waals surface area contributed by atoms with Crippen LogP contribution in [0.15, 0.2) is 17.6 Å². The molecule has 0 atom stereocenters. The summed E-state index contributed by atoms with van der Waals surface area (Å²) < 4.78 is 2.62. The third-order valence-electron chi connectivity index (χ3n) is 2.71. The number of aryl methyl sites for hydroxylation is 1. The molecule has 0 spiro atoms. The van der Waals surface area contributed by atoms with Gasteiger partial charge in [0.2, 0.25) is 0 Å². The standard InChI is InChI=1S/C11H14N4O2/c1-4-7(2)15-9-5-12-14(6-16)11(17)10(9)8(3)13-15/h5,16H,2,4,6H2,1,3H3.